The first-order valence-electron chi connectivity index (χ1n) is 6.23. The molecule has 1 N–H and O–H groups in total. The second-order valence-electron chi connectivity index (χ2n) is 4.36. The Hall–Kier alpha value is -2.27. The Balaban J connectivity index is 1.99. The second kappa shape index (κ2) is 6.95. The molecule has 0 saturated heterocycles. The molecule has 2 rings (SSSR count). The highest BCUT2D eigenvalue weighted by Gasteiger charge is 2.00. The van der Waals surface area contributed by atoms with Gasteiger partial charge in [0, 0.05) is 33.7 Å². The molecule has 3 nitrogen and oxygen atoms in total. The first kappa shape index (κ1) is 15.1. The van der Waals surface area contributed by atoms with Crippen LogP contribution in [0.4, 0.5) is 10.1 Å². The van der Waals surface area contributed by atoms with Crippen LogP contribution in [0.5, 0.6) is 0 Å². The molecule has 0 radical (unpaired) electrons. The topological polar surface area (TPSA) is 46.2 Å². The lowest BCUT2D eigenvalue weighted by Gasteiger charge is -2.03. The first-order valence-corrected chi connectivity index (χ1v) is 7.78. The van der Waals surface area contributed by atoms with Crippen molar-refractivity contribution >= 4 is 28.5 Å². The van der Waals surface area contributed by atoms with Gasteiger partial charge < -0.3 is 5.32 Å². The van der Waals surface area contributed by atoms with E-state index >= 15 is 0 Å². The summed E-state index contributed by atoms with van der Waals surface area (Å²) in [6, 6.07) is 12.7. The Bertz CT molecular complexity index is 696. The number of nitrogens with one attached hydrogen (secondary N) is 1. The summed E-state index contributed by atoms with van der Waals surface area (Å²) in [5.41, 5.74) is 1.22. The normalized spacial score (nSPS) is 12.3. The van der Waals surface area contributed by atoms with Gasteiger partial charge in [-0.25, -0.2) is 4.39 Å². The molecule has 5 heteroatoms. The van der Waals surface area contributed by atoms with Crippen LogP contribution in [-0.2, 0) is 15.6 Å². The van der Waals surface area contributed by atoms with E-state index in [1.54, 1.807) is 42.7 Å². The number of carbonyl (C=O) groups is 1. The monoisotopic (exact) mass is 303 g/mol. The van der Waals surface area contributed by atoms with E-state index in [2.05, 4.69) is 5.32 Å². The van der Waals surface area contributed by atoms with Crippen LogP contribution < -0.4 is 5.32 Å². The highest BCUT2D eigenvalue weighted by Crippen LogP contribution is 2.12. The van der Waals surface area contributed by atoms with Crippen LogP contribution in [0.25, 0.3) is 6.08 Å². The lowest BCUT2D eigenvalue weighted by atomic mass is 10.2. The van der Waals surface area contributed by atoms with Crippen LogP contribution in [-0.4, -0.2) is 16.4 Å². The van der Waals surface area contributed by atoms with Crippen LogP contribution in [0.3, 0.4) is 0 Å². The van der Waals surface area contributed by atoms with Crippen LogP contribution in [0, 0.1) is 5.82 Å². The van der Waals surface area contributed by atoms with Gasteiger partial charge in [-0.1, -0.05) is 12.1 Å². The van der Waals surface area contributed by atoms with Crippen LogP contribution in [0.15, 0.2) is 59.5 Å². The van der Waals surface area contributed by atoms with E-state index < -0.39 is 10.8 Å². The van der Waals surface area contributed by atoms with E-state index in [9.17, 15) is 13.4 Å². The van der Waals surface area contributed by atoms with Gasteiger partial charge in [-0.05, 0) is 48.0 Å². The summed E-state index contributed by atoms with van der Waals surface area (Å²) >= 11 is 0. The fourth-order valence-electron chi connectivity index (χ4n) is 1.70. The summed E-state index contributed by atoms with van der Waals surface area (Å²) < 4.78 is 24.2. The standard InChI is InChI=1S/C16H14FNO2S/c1-21(20)15-8-6-14(7-9-15)18-16(19)10-5-12-3-2-4-13(17)11-12/h2-11H,1H3,(H,18,19)/b10-5-/t21-/m0/s1. The lowest BCUT2D eigenvalue weighted by Crippen LogP contribution is -2.07. The van der Waals surface area contributed by atoms with Gasteiger partial charge in [-0.2, -0.15) is 0 Å². The molecule has 1 atom stereocenters. The van der Waals surface area contributed by atoms with Crippen LogP contribution in [0.1, 0.15) is 5.56 Å². The number of benzene rings is 2. The molecule has 2 aromatic rings. The average molecular weight is 303 g/mol. The van der Waals surface area contributed by atoms with E-state index in [1.807, 2.05) is 0 Å². The Morgan fingerprint density at radius 1 is 1.19 bits per heavy atom. The fraction of sp³-hybridized carbons (Fsp3) is 0.0625. The predicted octanol–water partition coefficient (Wildman–Crippen LogP) is 3.22. The van der Waals surface area contributed by atoms with Crippen molar-refractivity contribution in [2.24, 2.45) is 0 Å². The van der Waals surface area contributed by atoms with E-state index in [1.165, 1.54) is 24.3 Å². The predicted molar refractivity (Wildman–Crippen MR) is 82.8 cm³/mol. The van der Waals surface area contributed by atoms with Crippen molar-refractivity contribution < 1.29 is 13.4 Å². The molecule has 0 spiro atoms. The molecular weight excluding hydrogens is 289 g/mol. The number of hydrogen-bond acceptors (Lipinski definition) is 2. The number of rotatable bonds is 4. The van der Waals surface area contributed by atoms with Crippen molar-refractivity contribution in [2.75, 3.05) is 11.6 Å². The highest BCUT2D eigenvalue weighted by atomic mass is 32.2. The molecule has 21 heavy (non-hydrogen) atoms. The molecule has 1 amide bonds. The third-order valence-corrected chi connectivity index (χ3v) is 3.67. The van der Waals surface area contributed by atoms with Gasteiger partial charge in [-0.3, -0.25) is 9.00 Å². The average Bonchev–Trinajstić information content (AvgIpc) is 2.46. The van der Waals surface area contributed by atoms with Gasteiger partial charge in [0.25, 0.3) is 0 Å². The maximum Gasteiger partial charge on any atom is 0.248 e. The van der Waals surface area contributed by atoms with Gasteiger partial charge >= 0.3 is 0 Å². The molecule has 0 aliphatic rings. The van der Waals surface area contributed by atoms with Gasteiger partial charge in [0.1, 0.15) is 5.82 Å². The van der Waals surface area contributed by atoms with Crippen LogP contribution in [0.2, 0.25) is 0 Å². The zero-order valence-electron chi connectivity index (χ0n) is 11.4. The largest absolute Gasteiger partial charge is 0.323 e. The molecule has 0 fully saturated rings. The zero-order valence-corrected chi connectivity index (χ0v) is 12.2. The van der Waals surface area contributed by atoms with Crippen molar-refractivity contribution in [2.45, 2.75) is 4.90 Å². The molecule has 108 valence electrons. The summed E-state index contributed by atoms with van der Waals surface area (Å²) in [5.74, 6) is -0.662. The molecular formula is C16H14FNO2S. The minimum absolute atomic E-state index is 0.315. The van der Waals surface area contributed by atoms with Gasteiger partial charge in [-0.15, -0.1) is 0 Å². The molecule has 0 bridgehead atoms. The van der Waals surface area contributed by atoms with Crippen molar-refractivity contribution in [3.8, 4) is 0 Å². The second-order valence-corrected chi connectivity index (χ2v) is 5.74. The third-order valence-electron chi connectivity index (χ3n) is 2.73. The van der Waals surface area contributed by atoms with Gasteiger partial charge in [0.15, 0.2) is 0 Å². The van der Waals surface area contributed by atoms with Gasteiger partial charge in [0.2, 0.25) is 5.91 Å². The highest BCUT2D eigenvalue weighted by molar-refractivity contribution is 7.84. The van der Waals surface area contributed by atoms with Crippen molar-refractivity contribution in [1.29, 1.82) is 0 Å². The quantitative estimate of drug-likeness (QED) is 0.882. The van der Waals surface area contributed by atoms with Crippen molar-refractivity contribution in [1.82, 2.24) is 0 Å². The molecule has 0 aliphatic carbocycles. The minimum Gasteiger partial charge on any atom is -0.323 e. The smallest absolute Gasteiger partial charge is 0.248 e. The molecule has 0 aliphatic heterocycles. The minimum atomic E-state index is -1.04. The molecule has 2 aromatic carbocycles. The zero-order chi connectivity index (χ0) is 15.2. The number of hydrogen-bond donors (Lipinski definition) is 1. The van der Waals surface area contributed by atoms with E-state index in [0.29, 0.717) is 16.1 Å². The summed E-state index contributed by atoms with van der Waals surface area (Å²) in [5, 5.41) is 2.67. The van der Waals surface area contributed by atoms with Gasteiger partial charge in [0.05, 0.1) is 0 Å². The Labute approximate surface area is 125 Å². The van der Waals surface area contributed by atoms with Crippen molar-refractivity contribution in [3.05, 3.63) is 66.0 Å². The Morgan fingerprint density at radius 2 is 1.90 bits per heavy atom. The van der Waals surface area contributed by atoms with Crippen molar-refractivity contribution in [3.63, 3.8) is 0 Å². The molecule has 0 aromatic heterocycles. The fourth-order valence-corrected chi connectivity index (χ4v) is 2.22. The first-order chi connectivity index (χ1) is 10.0. The van der Waals surface area contributed by atoms with E-state index in [4.69, 9.17) is 0 Å². The molecule has 0 unspecified atom stereocenters. The molecule has 0 saturated carbocycles. The number of halogens is 1. The Morgan fingerprint density at radius 3 is 2.52 bits per heavy atom. The lowest BCUT2D eigenvalue weighted by molar-refractivity contribution is -0.111. The summed E-state index contributed by atoms with van der Waals surface area (Å²) in [6.45, 7) is 0. The summed E-state index contributed by atoms with van der Waals surface area (Å²) in [4.78, 5) is 12.4. The Kier molecular flexibility index (Phi) is 5.00. The number of anilines is 1. The number of amides is 1. The third kappa shape index (κ3) is 4.65. The maximum atomic E-state index is 13.0. The maximum absolute atomic E-state index is 13.0. The van der Waals surface area contributed by atoms with E-state index in [0.717, 1.165) is 0 Å². The SMILES string of the molecule is C[S@](=O)c1ccc(NC(=O)/C=C\c2cccc(F)c2)cc1. The van der Waals surface area contributed by atoms with E-state index in [-0.39, 0.29) is 11.7 Å². The summed E-state index contributed by atoms with van der Waals surface area (Å²) in [7, 11) is -1.04. The molecule has 0 heterocycles. The van der Waals surface area contributed by atoms with Crippen LogP contribution >= 0.6 is 0 Å². The number of carbonyl (C=O) groups excluding carboxylic acids is 1. The summed E-state index contributed by atoms with van der Waals surface area (Å²) in [6.07, 6.45) is 4.46.